The van der Waals surface area contributed by atoms with Crippen LogP contribution in [0.15, 0.2) is 0 Å². The van der Waals surface area contributed by atoms with Crippen LogP contribution in [0.2, 0.25) is 0 Å². The zero-order chi connectivity index (χ0) is 15.3. The van der Waals surface area contributed by atoms with Crippen LogP contribution in [0.5, 0.6) is 0 Å². The lowest BCUT2D eigenvalue weighted by Crippen LogP contribution is -2.28. The lowest BCUT2D eigenvalue weighted by molar-refractivity contribution is -0.167. The normalized spacial score (nSPS) is 14.2. The SMILES string of the molecule is CCN(CC)P(=O)(OCC(F)(F)F)OCC(F)(F)F. The van der Waals surface area contributed by atoms with Gasteiger partial charge in [0.2, 0.25) is 0 Å². The topological polar surface area (TPSA) is 38.8 Å². The van der Waals surface area contributed by atoms with E-state index in [4.69, 9.17) is 0 Å². The molecule has 0 spiro atoms. The van der Waals surface area contributed by atoms with Crippen LogP contribution < -0.4 is 0 Å². The second-order valence-electron chi connectivity index (χ2n) is 3.38. The molecule has 0 fully saturated rings. The second kappa shape index (κ2) is 6.92. The van der Waals surface area contributed by atoms with E-state index in [0.717, 1.165) is 4.67 Å². The number of hydrogen-bond acceptors (Lipinski definition) is 3. The standard InChI is InChI=1S/C8H14F6NO3P/c1-3-15(4-2)19(16,17-5-7(9,10)11)18-6-8(12,13)14/h3-6H2,1-2H3. The van der Waals surface area contributed by atoms with E-state index in [1.54, 1.807) is 0 Å². The Hall–Kier alpha value is -0.310. The molecule has 19 heavy (non-hydrogen) atoms. The first kappa shape index (κ1) is 18.7. The number of rotatable bonds is 7. The molecule has 0 aliphatic heterocycles. The molecule has 0 heterocycles. The maximum atomic E-state index is 12.0. The molecule has 0 N–H and O–H groups in total. The molecule has 0 aromatic rings. The Kier molecular flexibility index (Phi) is 6.80. The molecule has 0 aromatic heterocycles. The van der Waals surface area contributed by atoms with Crippen LogP contribution in [0.1, 0.15) is 13.8 Å². The highest BCUT2D eigenvalue weighted by Crippen LogP contribution is 2.53. The van der Waals surface area contributed by atoms with Crippen LogP contribution in [0, 0.1) is 0 Å². The summed E-state index contributed by atoms with van der Waals surface area (Å²) in [5.74, 6) is 0. The van der Waals surface area contributed by atoms with E-state index in [2.05, 4.69) is 9.05 Å². The van der Waals surface area contributed by atoms with Crippen molar-refractivity contribution in [2.75, 3.05) is 26.3 Å². The van der Waals surface area contributed by atoms with Gasteiger partial charge < -0.3 is 0 Å². The Bertz CT molecular complexity index is 293. The van der Waals surface area contributed by atoms with Crippen molar-refractivity contribution in [1.29, 1.82) is 0 Å². The van der Waals surface area contributed by atoms with Crippen molar-refractivity contribution in [2.45, 2.75) is 26.2 Å². The lowest BCUT2D eigenvalue weighted by Gasteiger charge is -2.28. The Balaban J connectivity index is 4.87. The monoisotopic (exact) mass is 317 g/mol. The molecule has 0 unspecified atom stereocenters. The third-order valence-electron chi connectivity index (χ3n) is 1.86. The van der Waals surface area contributed by atoms with Crippen LogP contribution in [-0.4, -0.2) is 43.3 Å². The Morgan fingerprint density at radius 1 is 0.895 bits per heavy atom. The molecule has 4 nitrogen and oxygen atoms in total. The van der Waals surface area contributed by atoms with Crippen molar-refractivity contribution in [1.82, 2.24) is 4.67 Å². The maximum Gasteiger partial charge on any atom is 0.412 e. The first-order valence-corrected chi connectivity index (χ1v) is 6.71. The van der Waals surface area contributed by atoms with Gasteiger partial charge in [0.05, 0.1) is 0 Å². The fraction of sp³-hybridized carbons (Fsp3) is 1.00. The van der Waals surface area contributed by atoms with E-state index in [0.29, 0.717) is 0 Å². The van der Waals surface area contributed by atoms with Crippen molar-refractivity contribution in [2.24, 2.45) is 0 Å². The molecule has 0 aliphatic rings. The van der Waals surface area contributed by atoms with Gasteiger partial charge in [0.15, 0.2) is 13.2 Å². The minimum absolute atomic E-state index is 0.0799. The number of halogens is 6. The molecule has 116 valence electrons. The van der Waals surface area contributed by atoms with Gasteiger partial charge in [-0.1, -0.05) is 13.8 Å². The van der Waals surface area contributed by atoms with Gasteiger partial charge in [-0.3, -0.25) is 9.05 Å². The largest absolute Gasteiger partial charge is 0.412 e. The van der Waals surface area contributed by atoms with Crippen molar-refractivity contribution in [3.63, 3.8) is 0 Å². The van der Waals surface area contributed by atoms with Crippen LogP contribution in [0.3, 0.4) is 0 Å². The Morgan fingerprint density at radius 2 is 1.21 bits per heavy atom. The Morgan fingerprint density at radius 3 is 1.42 bits per heavy atom. The third kappa shape index (κ3) is 7.76. The molecule has 0 saturated heterocycles. The maximum absolute atomic E-state index is 12.0. The molecule has 0 atom stereocenters. The highest BCUT2D eigenvalue weighted by molar-refractivity contribution is 7.51. The Labute approximate surface area is 106 Å². The van der Waals surface area contributed by atoms with Crippen LogP contribution in [-0.2, 0) is 13.6 Å². The summed E-state index contributed by atoms with van der Waals surface area (Å²) in [6.07, 6.45) is -9.63. The van der Waals surface area contributed by atoms with Gasteiger partial charge in [0, 0.05) is 13.1 Å². The number of alkyl halides is 6. The summed E-state index contributed by atoms with van der Waals surface area (Å²) in [6.45, 7) is -1.24. The molecule has 0 aliphatic carbocycles. The quantitative estimate of drug-likeness (QED) is 0.531. The summed E-state index contributed by atoms with van der Waals surface area (Å²) in [5, 5.41) is 0. The third-order valence-corrected chi connectivity index (χ3v) is 4.03. The first-order valence-electron chi connectivity index (χ1n) is 5.21. The second-order valence-corrected chi connectivity index (χ2v) is 5.40. The van der Waals surface area contributed by atoms with Crippen LogP contribution in [0.25, 0.3) is 0 Å². The highest BCUT2D eigenvalue weighted by Gasteiger charge is 2.41. The van der Waals surface area contributed by atoms with Gasteiger partial charge in [-0.15, -0.1) is 0 Å². The number of nitrogens with zero attached hydrogens (tertiary/aromatic N) is 1. The van der Waals surface area contributed by atoms with E-state index in [1.807, 2.05) is 0 Å². The molecule has 0 amide bonds. The van der Waals surface area contributed by atoms with Gasteiger partial charge in [0.1, 0.15) is 0 Å². The molecule has 0 saturated carbocycles. The average Bonchev–Trinajstić information content (AvgIpc) is 2.24. The fourth-order valence-electron chi connectivity index (χ4n) is 1.08. The highest BCUT2D eigenvalue weighted by atomic mass is 31.2. The molecule has 11 heteroatoms. The van der Waals surface area contributed by atoms with E-state index in [-0.39, 0.29) is 13.1 Å². The van der Waals surface area contributed by atoms with Crippen LogP contribution >= 0.6 is 7.75 Å². The summed E-state index contributed by atoms with van der Waals surface area (Å²) in [7, 11) is -4.63. The van der Waals surface area contributed by atoms with Gasteiger partial charge >= 0.3 is 20.1 Å². The first-order chi connectivity index (χ1) is 8.43. The van der Waals surface area contributed by atoms with Crippen molar-refractivity contribution in [3.05, 3.63) is 0 Å². The average molecular weight is 317 g/mol. The fourth-order valence-corrected chi connectivity index (χ4v) is 2.79. The van der Waals surface area contributed by atoms with Crippen LogP contribution in [0.4, 0.5) is 26.3 Å². The van der Waals surface area contributed by atoms with Gasteiger partial charge in [0.25, 0.3) is 0 Å². The predicted octanol–water partition coefficient (Wildman–Crippen LogP) is 3.59. The molecule has 0 bridgehead atoms. The van der Waals surface area contributed by atoms with Gasteiger partial charge in [-0.05, 0) is 0 Å². The van der Waals surface area contributed by atoms with Gasteiger partial charge in [-0.25, -0.2) is 9.24 Å². The molecular formula is C8H14F6NO3P. The summed E-state index contributed by atoms with van der Waals surface area (Å²) in [6, 6.07) is 0. The van der Waals surface area contributed by atoms with Crippen molar-refractivity contribution in [3.8, 4) is 0 Å². The summed E-state index contributed by atoms with van der Waals surface area (Å²) in [4.78, 5) is 0. The molecule has 0 radical (unpaired) electrons. The summed E-state index contributed by atoms with van der Waals surface area (Å²) in [5.41, 5.74) is 0. The molecule has 0 rings (SSSR count). The smallest absolute Gasteiger partial charge is 0.287 e. The van der Waals surface area contributed by atoms with E-state index < -0.39 is 33.3 Å². The van der Waals surface area contributed by atoms with Crippen molar-refractivity contribution < 1.29 is 40.0 Å². The number of hydrogen-bond donors (Lipinski definition) is 0. The lowest BCUT2D eigenvalue weighted by atomic mass is 10.7. The summed E-state index contributed by atoms with van der Waals surface area (Å²) >= 11 is 0. The minimum atomic E-state index is -4.82. The van der Waals surface area contributed by atoms with E-state index in [1.165, 1.54) is 13.8 Å². The predicted molar refractivity (Wildman–Crippen MR) is 54.5 cm³/mol. The van der Waals surface area contributed by atoms with Gasteiger partial charge in [-0.2, -0.15) is 26.3 Å². The minimum Gasteiger partial charge on any atom is -0.287 e. The zero-order valence-electron chi connectivity index (χ0n) is 10.2. The molecule has 0 aromatic carbocycles. The summed E-state index contributed by atoms with van der Waals surface area (Å²) < 4.78 is 92.8. The van der Waals surface area contributed by atoms with Crippen molar-refractivity contribution >= 4 is 7.75 Å². The van der Waals surface area contributed by atoms with E-state index >= 15 is 0 Å². The van der Waals surface area contributed by atoms with E-state index in [9.17, 15) is 30.9 Å². The zero-order valence-corrected chi connectivity index (χ0v) is 11.1. The molecular weight excluding hydrogens is 303 g/mol.